The van der Waals surface area contributed by atoms with Gasteiger partial charge in [0.1, 0.15) is 11.4 Å². The summed E-state index contributed by atoms with van der Waals surface area (Å²) in [7, 11) is -4.45. The largest absolute Gasteiger partial charge is 0.494 e. The van der Waals surface area contributed by atoms with E-state index in [1.165, 1.54) is 34.9 Å². The number of hydrogen-bond donors (Lipinski definition) is 2. The van der Waals surface area contributed by atoms with Crippen molar-refractivity contribution in [2.75, 3.05) is 55.3 Å². The van der Waals surface area contributed by atoms with Gasteiger partial charge in [0, 0.05) is 56.0 Å². The third-order valence-electron chi connectivity index (χ3n) is 9.19. The molecule has 5 aromatic rings. The Morgan fingerprint density at radius 3 is 2.29 bits per heavy atom. The van der Waals surface area contributed by atoms with Crippen molar-refractivity contribution in [1.82, 2.24) is 19.8 Å². The quantitative estimate of drug-likeness (QED) is 0.0475. The van der Waals surface area contributed by atoms with Gasteiger partial charge in [-0.25, -0.2) is 13.1 Å². The first-order chi connectivity index (χ1) is 26.6. The van der Waals surface area contributed by atoms with Crippen LogP contribution in [0.2, 0.25) is 0 Å². The molecule has 2 heterocycles. The Kier molecular flexibility index (Phi) is 13.0. The van der Waals surface area contributed by atoms with Gasteiger partial charge in [0.2, 0.25) is 0 Å². The number of nitrogens with one attached hydrogen (secondary N) is 2. The van der Waals surface area contributed by atoms with Crippen LogP contribution in [0.5, 0.6) is 5.75 Å². The lowest BCUT2D eigenvalue weighted by molar-refractivity contribution is -0.384. The topological polar surface area (TPSA) is 160 Å². The first kappa shape index (κ1) is 39.2. The van der Waals surface area contributed by atoms with Crippen molar-refractivity contribution in [3.05, 3.63) is 130 Å². The van der Waals surface area contributed by atoms with Crippen molar-refractivity contribution in [3.8, 4) is 16.9 Å². The normalized spacial score (nSPS) is 13.3. The molecule has 13 nitrogen and oxygen atoms in total. The van der Waals surface area contributed by atoms with Gasteiger partial charge in [-0.2, -0.15) is 0 Å². The van der Waals surface area contributed by atoms with E-state index in [2.05, 4.69) is 62.6 Å². The number of aromatic nitrogens is 2. The van der Waals surface area contributed by atoms with Crippen LogP contribution in [0.4, 0.5) is 17.2 Å². The second-order valence-electron chi connectivity index (χ2n) is 12.8. The van der Waals surface area contributed by atoms with Crippen LogP contribution in [0, 0.1) is 10.1 Å². The van der Waals surface area contributed by atoms with Crippen LogP contribution in [0.3, 0.4) is 0 Å². The maximum atomic E-state index is 13.1. The van der Waals surface area contributed by atoms with Crippen molar-refractivity contribution in [2.24, 2.45) is 0 Å². The molecule has 1 saturated heterocycles. The number of anilines is 2. The van der Waals surface area contributed by atoms with E-state index >= 15 is 0 Å². The van der Waals surface area contributed by atoms with Gasteiger partial charge in [-0.3, -0.25) is 19.8 Å². The van der Waals surface area contributed by atoms with E-state index < -0.39 is 31.4 Å². The lowest BCUT2D eigenvalue weighted by Crippen LogP contribution is -2.46. The molecule has 1 aromatic heterocycles. The first-order valence-electron chi connectivity index (χ1n) is 18.1. The summed E-state index contributed by atoms with van der Waals surface area (Å²) in [6.45, 7) is 9.04. The van der Waals surface area contributed by atoms with Crippen LogP contribution >= 0.6 is 11.8 Å². The lowest BCUT2D eigenvalue weighted by atomic mass is 9.97. The van der Waals surface area contributed by atoms with E-state index in [4.69, 9.17) is 4.74 Å². The Morgan fingerprint density at radius 2 is 1.62 bits per heavy atom. The number of rotatable bonds is 16. The van der Waals surface area contributed by atoms with Crippen LogP contribution in [0.25, 0.3) is 11.1 Å². The number of aryl methyl sites for hydroxylation is 1. The SMILES string of the molecule is CCOc1ccc(-c2ccc(CN3CCN(c4ccc(C(=O)NS(=O)(=O)c5ccc(NCCSc6ccccc6)c([N+](=O)[O-])c5)nn4)CC3)c(CC)c2)cc1. The second kappa shape index (κ2) is 18.2. The number of carbonyl (C=O) groups is 1. The van der Waals surface area contributed by atoms with Crippen molar-refractivity contribution >= 4 is 44.9 Å². The van der Waals surface area contributed by atoms with Gasteiger partial charge in [0.25, 0.3) is 21.6 Å². The Morgan fingerprint density at radius 1 is 0.873 bits per heavy atom. The van der Waals surface area contributed by atoms with Crippen LogP contribution < -0.4 is 19.7 Å². The predicted octanol–water partition coefficient (Wildman–Crippen LogP) is 6.66. The summed E-state index contributed by atoms with van der Waals surface area (Å²) in [4.78, 5) is 29.2. The molecule has 1 aliphatic heterocycles. The number of piperazine rings is 1. The molecule has 55 heavy (non-hydrogen) atoms. The van der Waals surface area contributed by atoms with Crippen LogP contribution in [0.15, 0.2) is 113 Å². The number of amides is 1. The average Bonchev–Trinajstić information content (AvgIpc) is 3.20. The molecule has 2 N–H and O–H groups in total. The Labute approximate surface area is 325 Å². The van der Waals surface area contributed by atoms with Crippen LogP contribution in [-0.4, -0.2) is 79.4 Å². The van der Waals surface area contributed by atoms with Gasteiger partial charge in [-0.1, -0.05) is 55.5 Å². The summed E-state index contributed by atoms with van der Waals surface area (Å²) >= 11 is 1.58. The first-order valence-corrected chi connectivity index (χ1v) is 20.5. The second-order valence-corrected chi connectivity index (χ2v) is 15.6. The maximum Gasteiger partial charge on any atom is 0.293 e. The van der Waals surface area contributed by atoms with Crippen molar-refractivity contribution in [1.29, 1.82) is 0 Å². The number of nitro benzene ring substituents is 1. The van der Waals surface area contributed by atoms with E-state index in [-0.39, 0.29) is 11.4 Å². The number of nitro groups is 1. The minimum absolute atomic E-state index is 0.173. The number of sulfonamides is 1. The fourth-order valence-corrected chi connectivity index (χ4v) is 8.04. The summed E-state index contributed by atoms with van der Waals surface area (Å²) in [5.74, 6) is 1.08. The summed E-state index contributed by atoms with van der Waals surface area (Å²) in [5, 5.41) is 23.0. The zero-order valence-electron chi connectivity index (χ0n) is 30.7. The third-order valence-corrected chi connectivity index (χ3v) is 11.5. The highest BCUT2D eigenvalue weighted by molar-refractivity contribution is 7.99. The number of benzene rings is 4. The molecule has 15 heteroatoms. The van der Waals surface area contributed by atoms with E-state index in [0.29, 0.717) is 37.8 Å². The molecule has 0 radical (unpaired) electrons. The highest BCUT2D eigenvalue weighted by Gasteiger charge is 2.25. The van der Waals surface area contributed by atoms with Gasteiger partial charge >= 0.3 is 0 Å². The van der Waals surface area contributed by atoms with Crippen LogP contribution in [0.1, 0.15) is 35.5 Å². The van der Waals surface area contributed by atoms with E-state index in [1.54, 1.807) is 17.8 Å². The summed E-state index contributed by atoms with van der Waals surface area (Å²) in [6, 6.07) is 31.1. The molecule has 1 amide bonds. The monoisotopic (exact) mass is 781 g/mol. The maximum absolute atomic E-state index is 13.1. The van der Waals surface area contributed by atoms with E-state index in [0.717, 1.165) is 48.3 Å². The standard InChI is InChI=1S/C40H43N7O6S2/c1-3-29-26-31(30-12-14-33(15-13-30)53-4-2)10-11-32(29)28-45-21-23-46(24-22-45)39-19-18-37(42-43-39)40(48)44-55(51,52)35-16-17-36(38(27-35)47(49)50)41-20-25-54-34-8-6-5-7-9-34/h5-19,26-27,41H,3-4,20-25,28H2,1-2H3,(H,44,48). The molecule has 1 fully saturated rings. The average molecular weight is 782 g/mol. The van der Waals surface area contributed by atoms with Crippen molar-refractivity contribution in [3.63, 3.8) is 0 Å². The molecular weight excluding hydrogens is 739 g/mol. The number of nitrogens with zero attached hydrogens (tertiary/aromatic N) is 5. The van der Waals surface area contributed by atoms with Gasteiger partial charge in [-0.15, -0.1) is 22.0 Å². The summed E-state index contributed by atoms with van der Waals surface area (Å²) in [6.07, 6.45) is 0.927. The molecule has 0 unspecified atom stereocenters. The van der Waals surface area contributed by atoms with Gasteiger partial charge in [-0.05, 0) is 84.1 Å². The number of ether oxygens (including phenoxy) is 1. The minimum atomic E-state index is -4.45. The number of hydrogen-bond acceptors (Lipinski definition) is 12. The lowest BCUT2D eigenvalue weighted by Gasteiger charge is -2.35. The van der Waals surface area contributed by atoms with Crippen LogP contribution in [-0.2, 0) is 23.0 Å². The Bertz CT molecular complexity index is 2200. The summed E-state index contributed by atoms with van der Waals surface area (Å²) < 4.78 is 33.8. The minimum Gasteiger partial charge on any atom is -0.494 e. The Hall–Kier alpha value is -5.51. The zero-order chi connectivity index (χ0) is 38.8. The van der Waals surface area contributed by atoms with Gasteiger partial charge < -0.3 is 15.0 Å². The highest BCUT2D eigenvalue weighted by atomic mass is 32.2. The fraction of sp³-hybridized carbons (Fsp3) is 0.275. The van der Waals surface area contributed by atoms with Gasteiger partial charge in [0.05, 0.1) is 16.4 Å². The molecule has 4 aromatic carbocycles. The molecule has 0 aliphatic carbocycles. The van der Waals surface area contributed by atoms with Crippen molar-refractivity contribution in [2.45, 2.75) is 36.6 Å². The number of carbonyl (C=O) groups excluding carboxylic acids is 1. The van der Waals surface area contributed by atoms with E-state index in [9.17, 15) is 23.3 Å². The molecule has 0 atom stereocenters. The molecule has 0 bridgehead atoms. The highest BCUT2D eigenvalue weighted by Crippen LogP contribution is 2.29. The molecule has 6 rings (SSSR count). The zero-order valence-corrected chi connectivity index (χ0v) is 32.3. The molecule has 0 saturated carbocycles. The number of thioether (sulfide) groups is 1. The Balaban J connectivity index is 1.01. The third kappa shape index (κ3) is 10.2. The van der Waals surface area contributed by atoms with Gasteiger partial charge in [0.15, 0.2) is 11.5 Å². The molecule has 1 aliphatic rings. The molecular formula is C40H43N7O6S2. The van der Waals surface area contributed by atoms with E-state index in [1.807, 2.05) is 54.1 Å². The van der Waals surface area contributed by atoms with Crippen molar-refractivity contribution < 1.29 is 22.9 Å². The summed E-state index contributed by atoms with van der Waals surface area (Å²) in [5.41, 5.74) is 4.49. The smallest absolute Gasteiger partial charge is 0.293 e. The fourth-order valence-electron chi connectivity index (χ4n) is 6.27. The predicted molar refractivity (Wildman–Crippen MR) is 215 cm³/mol. The molecule has 286 valence electrons. The molecule has 0 spiro atoms.